The lowest BCUT2D eigenvalue weighted by Crippen LogP contribution is -2.41. The van der Waals surface area contributed by atoms with Crippen molar-refractivity contribution in [3.8, 4) is 0 Å². The van der Waals surface area contributed by atoms with Crippen LogP contribution in [-0.4, -0.2) is 11.8 Å². The van der Waals surface area contributed by atoms with Gasteiger partial charge in [0.15, 0.2) is 0 Å². The van der Waals surface area contributed by atoms with E-state index in [0.29, 0.717) is 11.4 Å². The molecule has 0 fully saturated rings. The molecule has 4 nitrogen and oxygen atoms in total. The number of benzene rings is 2. The monoisotopic (exact) mass is 388 g/mol. The fourth-order valence-electron chi connectivity index (χ4n) is 2.04. The summed E-state index contributed by atoms with van der Waals surface area (Å²) in [6.07, 6.45) is 0. The van der Waals surface area contributed by atoms with Crippen molar-refractivity contribution in [1.29, 1.82) is 0 Å². The molecule has 2 aromatic rings. The van der Waals surface area contributed by atoms with Gasteiger partial charge in [-0.2, -0.15) is 0 Å². The predicted octanol–water partition coefficient (Wildman–Crippen LogP) is 4.67. The van der Waals surface area contributed by atoms with Crippen LogP contribution in [0.1, 0.15) is 25.0 Å². The van der Waals surface area contributed by atoms with Crippen molar-refractivity contribution in [3.63, 3.8) is 0 Å². The van der Waals surface area contributed by atoms with E-state index in [1.165, 1.54) is 0 Å². The van der Waals surface area contributed by atoms with Crippen molar-refractivity contribution in [2.75, 3.05) is 10.6 Å². The summed E-state index contributed by atoms with van der Waals surface area (Å²) in [7, 11) is 0. The molecule has 0 spiro atoms. The van der Waals surface area contributed by atoms with Gasteiger partial charge in [0.2, 0.25) is 11.8 Å². The number of rotatable bonds is 4. The summed E-state index contributed by atoms with van der Waals surface area (Å²) in [6, 6.07) is 13.0. The second kappa shape index (κ2) is 7.18. The van der Waals surface area contributed by atoms with Gasteiger partial charge in [0, 0.05) is 15.8 Å². The number of hydrogen-bond acceptors (Lipinski definition) is 2. The van der Waals surface area contributed by atoms with Gasteiger partial charge in [-0.15, -0.1) is 0 Å². The first-order valence-electron chi connectivity index (χ1n) is 7.66. The van der Waals surface area contributed by atoms with Crippen LogP contribution in [-0.2, 0) is 9.59 Å². The summed E-state index contributed by atoms with van der Waals surface area (Å²) in [5.41, 5.74) is 2.25. The molecule has 0 saturated carbocycles. The molecule has 5 heteroatoms. The Bertz CT molecular complexity index is 767. The molecule has 0 bridgehead atoms. The largest absolute Gasteiger partial charge is 0.325 e. The molecule has 0 atom stereocenters. The molecule has 2 amide bonds. The number of nitrogens with one attached hydrogen (secondary N) is 2. The Kier molecular flexibility index (Phi) is 5.44. The van der Waals surface area contributed by atoms with Crippen LogP contribution >= 0.6 is 15.9 Å². The summed E-state index contributed by atoms with van der Waals surface area (Å²) in [5, 5.41) is 5.59. The molecule has 0 heterocycles. The first kappa shape index (κ1) is 18.2. The third kappa shape index (κ3) is 4.23. The predicted molar refractivity (Wildman–Crippen MR) is 101 cm³/mol. The highest BCUT2D eigenvalue weighted by Crippen LogP contribution is 2.24. The first-order chi connectivity index (χ1) is 11.2. The molecule has 0 aliphatic heterocycles. The van der Waals surface area contributed by atoms with Crippen LogP contribution in [0.15, 0.2) is 46.9 Å². The number of anilines is 2. The summed E-state index contributed by atoms with van der Waals surface area (Å²) >= 11 is 3.42. The first-order valence-corrected chi connectivity index (χ1v) is 8.45. The van der Waals surface area contributed by atoms with Crippen molar-refractivity contribution in [3.05, 3.63) is 58.1 Å². The van der Waals surface area contributed by atoms with E-state index in [1.54, 1.807) is 19.9 Å². The zero-order valence-electron chi connectivity index (χ0n) is 14.2. The highest BCUT2D eigenvalue weighted by atomic mass is 79.9. The summed E-state index contributed by atoms with van der Waals surface area (Å²) in [5.74, 6) is -0.702. The van der Waals surface area contributed by atoms with E-state index in [9.17, 15) is 9.59 Å². The Labute approximate surface area is 150 Å². The fourth-order valence-corrected chi connectivity index (χ4v) is 2.28. The highest BCUT2D eigenvalue weighted by molar-refractivity contribution is 9.10. The van der Waals surface area contributed by atoms with Crippen molar-refractivity contribution in [2.45, 2.75) is 27.7 Å². The van der Waals surface area contributed by atoms with Crippen LogP contribution in [0.25, 0.3) is 0 Å². The van der Waals surface area contributed by atoms with Gasteiger partial charge in [-0.1, -0.05) is 33.6 Å². The van der Waals surface area contributed by atoms with Gasteiger partial charge in [0.05, 0.1) is 0 Å². The average molecular weight is 389 g/mol. The number of amides is 2. The lowest BCUT2D eigenvalue weighted by atomic mass is 9.90. The smallest absolute Gasteiger partial charge is 0.239 e. The lowest BCUT2D eigenvalue weighted by Gasteiger charge is -2.23. The minimum Gasteiger partial charge on any atom is -0.325 e. The van der Waals surface area contributed by atoms with E-state index in [-0.39, 0.29) is 11.8 Å². The summed E-state index contributed by atoms with van der Waals surface area (Å²) < 4.78 is 0.969. The Hall–Kier alpha value is -2.14. The molecule has 0 unspecified atom stereocenters. The zero-order chi connectivity index (χ0) is 17.9. The van der Waals surface area contributed by atoms with Crippen LogP contribution in [0.2, 0.25) is 0 Å². The van der Waals surface area contributed by atoms with Crippen molar-refractivity contribution in [1.82, 2.24) is 0 Å². The molecule has 2 N–H and O–H groups in total. The molecule has 0 radical (unpaired) electrons. The number of aryl methyl sites for hydroxylation is 2. The van der Waals surface area contributed by atoms with Gasteiger partial charge >= 0.3 is 0 Å². The molecule has 2 rings (SSSR count). The van der Waals surface area contributed by atoms with Crippen LogP contribution in [0.3, 0.4) is 0 Å². The third-order valence-corrected chi connectivity index (χ3v) is 4.75. The standard InChI is InChI=1S/C19H21BrN2O2/c1-12-5-7-14(8-6-12)21-17(23)19(3,4)18(24)22-15-9-10-16(20)13(2)11-15/h5-11H,1-4H3,(H,21,23)(H,22,24). The highest BCUT2D eigenvalue weighted by Gasteiger charge is 2.36. The van der Waals surface area contributed by atoms with Crippen molar-refractivity contribution >= 4 is 39.1 Å². The van der Waals surface area contributed by atoms with Gasteiger partial charge in [-0.25, -0.2) is 0 Å². The van der Waals surface area contributed by atoms with E-state index in [4.69, 9.17) is 0 Å². The topological polar surface area (TPSA) is 58.2 Å². The van der Waals surface area contributed by atoms with Gasteiger partial charge in [0.25, 0.3) is 0 Å². The van der Waals surface area contributed by atoms with E-state index >= 15 is 0 Å². The van der Waals surface area contributed by atoms with Crippen LogP contribution < -0.4 is 10.6 Å². The molecule has 126 valence electrons. The van der Waals surface area contributed by atoms with Crippen LogP contribution in [0, 0.1) is 19.3 Å². The average Bonchev–Trinajstić information content (AvgIpc) is 2.53. The van der Waals surface area contributed by atoms with Crippen LogP contribution in [0.4, 0.5) is 11.4 Å². The van der Waals surface area contributed by atoms with Gasteiger partial charge in [-0.3, -0.25) is 9.59 Å². The second-order valence-corrected chi connectivity index (χ2v) is 7.22. The van der Waals surface area contributed by atoms with Crippen molar-refractivity contribution in [2.24, 2.45) is 5.41 Å². The normalized spacial score (nSPS) is 11.0. The quantitative estimate of drug-likeness (QED) is 0.747. The maximum Gasteiger partial charge on any atom is 0.239 e. The minimum absolute atomic E-state index is 0.349. The lowest BCUT2D eigenvalue weighted by molar-refractivity contribution is -0.135. The Morgan fingerprint density at radius 3 is 1.92 bits per heavy atom. The maximum atomic E-state index is 12.5. The number of carbonyl (C=O) groups is 2. The van der Waals surface area contributed by atoms with Crippen LogP contribution in [0.5, 0.6) is 0 Å². The molecular weight excluding hydrogens is 368 g/mol. The van der Waals surface area contributed by atoms with Gasteiger partial charge in [-0.05, 0) is 63.6 Å². The zero-order valence-corrected chi connectivity index (χ0v) is 15.8. The maximum absolute atomic E-state index is 12.5. The molecule has 0 aromatic heterocycles. The molecule has 24 heavy (non-hydrogen) atoms. The van der Waals surface area contributed by atoms with Gasteiger partial charge < -0.3 is 10.6 Å². The second-order valence-electron chi connectivity index (χ2n) is 6.36. The Morgan fingerprint density at radius 1 is 0.875 bits per heavy atom. The summed E-state index contributed by atoms with van der Waals surface area (Å²) in [6.45, 7) is 7.13. The third-order valence-electron chi connectivity index (χ3n) is 3.86. The molecule has 0 aliphatic carbocycles. The van der Waals surface area contributed by atoms with Crippen molar-refractivity contribution < 1.29 is 9.59 Å². The summed E-state index contributed by atoms with van der Waals surface area (Å²) in [4.78, 5) is 25.0. The van der Waals surface area contributed by atoms with Gasteiger partial charge in [0.1, 0.15) is 5.41 Å². The molecule has 0 aliphatic rings. The number of carbonyl (C=O) groups excluding carboxylic acids is 2. The molecular formula is C19H21BrN2O2. The van der Waals surface area contributed by atoms with E-state index < -0.39 is 5.41 Å². The SMILES string of the molecule is Cc1ccc(NC(=O)C(C)(C)C(=O)Nc2ccc(Br)c(C)c2)cc1. The Morgan fingerprint density at radius 2 is 1.38 bits per heavy atom. The number of hydrogen-bond donors (Lipinski definition) is 2. The van der Waals surface area contributed by atoms with E-state index in [2.05, 4.69) is 26.6 Å². The van der Waals surface area contributed by atoms with E-state index in [0.717, 1.165) is 15.6 Å². The molecule has 0 saturated heterocycles. The minimum atomic E-state index is -1.20. The number of halogens is 1. The molecule has 2 aromatic carbocycles. The van der Waals surface area contributed by atoms with E-state index in [1.807, 2.05) is 50.2 Å². The Balaban J connectivity index is 2.09. The fraction of sp³-hybridized carbons (Fsp3) is 0.263.